The van der Waals surface area contributed by atoms with Crippen molar-refractivity contribution >= 4 is 5.96 Å². The van der Waals surface area contributed by atoms with Crippen LogP contribution in [-0.2, 0) is 17.8 Å². The van der Waals surface area contributed by atoms with Crippen LogP contribution in [0.5, 0.6) is 0 Å². The molecular weight excluding hydrogens is 328 g/mol. The first-order valence-corrected chi connectivity index (χ1v) is 9.80. The predicted octanol–water partition coefficient (Wildman–Crippen LogP) is 1.70. The van der Waals surface area contributed by atoms with Crippen molar-refractivity contribution in [2.24, 2.45) is 10.9 Å². The van der Waals surface area contributed by atoms with E-state index >= 15 is 0 Å². The molecule has 7 nitrogen and oxygen atoms in total. The molecule has 148 valence electrons. The molecule has 1 aliphatic heterocycles. The summed E-state index contributed by atoms with van der Waals surface area (Å²) in [6.45, 7) is 10.4. The molecule has 0 saturated carbocycles. The van der Waals surface area contributed by atoms with Gasteiger partial charge in [-0.25, -0.2) is 4.98 Å². The second-order valence-corrected chi connectivity index (χ2v) is 7.42. The Balaban J connectivity index is 1.73. The lowest BCUT2D eigenvalue weighted by Gasteiger charge is -2.33. The Morgan fingerprint density at radius 2 is 2.15 bits per heavy atom. The number of methoxy groups -OCH3 is 1. The van der Waals surface area contributed by atoms with Crippen molar-refractivity contribution in [2.45, 2.75) is 52.2 Å². The van der Waals surface area contributed by atoms with Crippen molar-refractivity contribution in [3.8, 4) is 0 Å². The SMILES string of the molecule is CN=C(NCc1nccn1CC(C)C)NC1CCN(CCCOC)CC1. The van der Waals surface area contributed by atoms with Crippen molar-refractivity contribution in [2.75, 3.05) is 40.4 Å². The Bertz CT molecular complexity index is 534. The average Bonchev–Trinajstić information content (AvgIpc) is 3.06. The molecule has 0 aromatic carbocycles. The van der Waals surface area contributed by atoms with Gasteiger partial charge in [-0.15, -0.1) is 0 Å². The molecule has 2 heterocycles. The Morgan fingerprint density at radius 3 is 2.81 bits per heavy atom. The monoisotopic (exact) mass is 364 g/mol. The van der Waals surface area contributed by atoms with E-state index in [-0.39, 0.29) is 0 Å². The van der Waals surface area contributed by atoms with Crippen LogP contribution in [0.25, 0.3) is 0 Å². The minimum absolute atomic E-state index is 0.482. The number of guanidine groups is 1. The number of imidazole rings is 1. The number of nitrogens with zero attached hydrogens (tertiary/aromatic N) is 4. The van der Waals surface area contributed by atoms with E-state index in [0.717, 1.165) is 63.8 Å². The van der Waals surface area contributed by atoms with Crippen LogP contribution in [0.4, 0.5) is 0 Å². The van der Waals surface area contributed by atoms with Gasteiger partial charge in [0.1, 0.15) is 5.82 Å². The second-order valence-electron chi connectivity index (χ2n) is 7.42. The number of hydrogen-bond acceptors (Lipinski definition) is 4. The number of likely N-dealkylation sites (tertiary alicyclic amines) is 1. The highest BCUT2D eigenvalue weighted by Gasteiger charge is 2.19. The fraction of sp³-hybridized carbons (Fsp3) is 0.789. The Morgan fingerprint density at radius 1 is 1.38 bits per heavy atom. The third kappa shape index (κ3) is 6.96. The van der Waals surface area contributed by atoms with Gasteiger partial charge in [-0.05, 0) is 25.2 Å². The molecule has 0 atom stereocenters. The summed E-state index contributed by atoms with van der Waals surface area (Å²) in [6, 6.07) is 0.482. The number of aromatic nitrogens is 2. The van der Waals surface area contributed by atoms with Crippen LogP contribution >= 0.6 is 0 Å². The number of aliphatic imine (C=N–C) groups is 1. The fourth-order valence-electron chi connectivity index (χ4n) is 3.35. The third-order valence-electron chi connectivity index (χ3n) is 4.75. The topological polar surface area (TPSA) is 66.7 Å². The first kappa shape index (κ1) is 20.7. The number of ether oxygens (including phenoxy) is 1. The predicted molar refractivity (Wildman–Crippen MR) is 106 cm³/mol. The van der Waals surface area contributed by atoms with Gasteiger partial charge < -0.3 is 24.8 Å². The van der Waals surface area contributed by atoms with Gasteiger partial charge in [-0.3, -0.25) is 4.99 Å². The molecule has 1 aliphatic rings. The van der Waals surface area contributed by atoms with Gasteiger partial charge in [0.25, 0.3) is 0 Å². The number of hydrogen-bond donors (Lipinski definition) is 2. The molecule has 0 bridgehead atoms. The first-order valence-electron chi connectivity index (χ1n) is 9.80. The second kappa shape index (κ2) is 11.2. The van der Waals surface area contributed by atoms with E-state index in [1.165, 1.54) is 0 Å². The minimum Gasteiger partial charge on any atom is -0.385 e. The molecule has 0 amide bonds. The normalized spacial score (nSPS) is 17.0. The average molecular weight is 365 g/mol. The molecule has 0 spiro atoms. The summed E-state index contributed by atoms with van der Waals surface area (Å²) in [4.78, 5) is 11.4. The zero-order valence-electron chi connectivity index (χ0n) is 16.9. The van der Waals surface area contributed by atoms with Gasteiger partial charge in [0.2, 0.25) is 0 Å². The van der Waals surface area contributed by atoms with E-state index in [1.807, 2.05) is 19.4 Å². The van der Waals surface area contributed by atoms with Crippen molar-refractivity contribution in [1.29, 1.82) is 0 Å². The molecule has 1 aromatic rings. The summed E-state index contributed by atoms with van der Waals surface area (Å²) in [5, 5.41) is 6.98. The van der Waals surface area contributed by atoms with Crippen LogP contribution in [0.3, 0.4) is 0 Å². The van der Waals surface area contributed by atoms with E-state index in [9.17, 15) is 0 Å². The van der Waals surface area contributed by atoms with E-state index in [0.29, 0.717) is 18.5 Å². The zero-order chi connectivity index (χ0) is 18.8. The smallest absolute Gasteiger partial charge is 0.191 e. The quantitative estimate of drug-likeness (QED) is 0.397. The van der Waals surface area contributed by atoms with E-state index in [2.05, 4.69) is 43.9 Å². The minimum atomic E-state index is 0.482. The van der Waals surface area contributed by atoms with Crippen LogP contribution in [0.15, 0.2) is 17.4 Å². The maximum Gasteiger partial charge on any atom is 0.191 e. The van der Waals surface area contributed by atoms with Crippen molar-refractivity contribution in [3.63, 3.8) is 0 Å². The molecule has 2 rings (SSSR count). The molecule has 1 saturated heterocycles. The number of rotatable bonds is 9. The Hall–Kier alpha value is -1.60. The largest absolute Gasteiger partial charge is 0.385 e. The Labute approximate surface area is 158 Å². The van der Waals surface area contributed by atoms with Crippen LogP contribution in [0.2, 0.25) is 0 Å². The maximum absolute atomic E-state index is 5.14. The van der Waals surface area contributed by atoms with Crippen LogP contribution in [0, 0.1) is 5.92 Å². The zero-order valence-corrected chi connectivity index (χ0v) is 16.9. The van der Waals surface area contributed by atoms with Crippen LogP contribution < -0.4 is 10.6 Å². The third-order valence-corrected chi connectivity index (χ3v) is 4.75. The molecular formula is C19H36N6O. The lowest BCUT2D eigenvalue weighted by Crippen LogP contribution is -2.48. The molecule has 26 heavy (non-hydrogen) atoms. The lowest BCUT2D eigenvalue weighted by atomic mass is 10.1. The summed E-state index contributed by atoms with van der Waals surface area (Å²) in [6.07, 6.45) is 7.33. The maximum atomic E-state index is 5.14. The van der Waals surface area contributed by atoms with Crippen molar-refractivity contribution < 1.29 is 4.74 Å². The van der Waals surface area contributed by atoms with Crippen LogP contribution in [0.1, 0.15) is 38.9 Å². The van der Waals surface area contributed by atoms with Gasteiger partial charge >= 0.3 is 0 Å². The van der Waals surface area contributed by atoms with Crippen molar-refractivity contribution in [1.82, 2.24) is 25.1 Å². The molecule has 0 radical (unpaired) electrons. The summed E-state index contributed by atoms with van der Waals surface area (Å²) in [7, 11) is 3.60. The van der Waals surface area contributed by atoms with Gasteiger partial charge in [-0.1, -0.05) is 13.8 Å². The summed E-state index contributed by atoms with van der Waals surface area (Å²) >= 11 is 0. The number of nitrogens with one attached hydrogen (secondary N) is 2. The van der Waals surface area contributed by atoms with Crippen LogP contribution in [-0.4, -0.2) is 66.9 Å². The summed E-state index contributed by atoms with van der Waals surface area (Å²) in [5.74, 6) is 2.52. The van der Waals surface area contributed by atoms with E-state index in [4.69, 9.17) is 4.74 Å². The number of piperidine rings is 1. The van der Waals surface area contributed by atoms with Gasteiger partial charge in [0, 0.05) is 65.4 Å². The highest BCUT2D eigenvalue weighted by Crippen LogP contribution is 2.10. The molecule has 0 unspecified atom stereocenters. The standard InChI is InChI=1S/C19H36N6O/c1-16(2)15-25-12-8-21-18(25)14-22-19(20-3)23-17-6-10-24(11-7-17)9-5-13-26-4/h8,12,16-17H,5-7,9-11,13-15H2,1-4H3,(H2,20,22,23). The highest BCUT2D eigenvalue weighted by molar-refractivity contribution is 5.79. The molecule has 1 aromatic heterocycles. The first-order chi connectivity index (χ1) is 12.6. The van der Waals surface area contributed by atoms with Gasteiger partial charge in [0.15, 0.2) is 5.96 Å². The molecule has 7 heteroatoms. The van der Waals surface area contributed by atoms with Gasteiger partial charge in [-0.2, -0.15) is 0 Å². The lowest BCUT2D eigenvalue weighted by molar-refractivity contribution is 0.155. The van der Waals surface area contributed by atoms with E-state index in [1.54, 1.807) is 7.11 Å². The Kier molecular flexibility index (Phi) is 8.91. The summed E-state index contributed by atoms with van der Waals surface area (Å²) < 4.78 is 7.35. The summed E-state index contributed by atoms with van der Waals surface area (Å²) in [5.41, 5.74) is 0. The molecule has 0 aliphatic carbocycles. The fourth-order valence-corrected chi connectivity index (χ4v) is 3.35. The molecule has 2 N–H and O–H groups in total. The van der Waals surface area contributed by atoms with E-state index < -0.39 is 0 Å². The highest BCUT2D eigenvalue weighted by atomic mass is 16.5. The van der Waals surface area contributed by atoms with Crippen molar-refractivity contribution in [3.05, 3.63) is 18.2 Å². The van der Waals surface area contributed by atoms with Gasteiger partial charge in [0.05, 0.1) is 6.54 Å². The molecule has 1 fully saturated rings.